The van der Waals surface area contributed by atoms with E-state index in [1.807, 2.05) is 61.5 Å². The summed E-state index contributed by atoms with van der Waals surface area (Å²) in [6, 6.07) is 20.8. The highest BCUT2D eigenvalue weighted by atomic mass is 32.2. The fourth-order valence-electron chi connectivity index (χ4n) is 2.85. The second-order valence-corrected chi connectivity index (χ2v) is 8.21. The summed E-state index contributed by atoms with van der Waals surface area (Å²) in [7, 11) is -3.81. The first-order chi connectivity index (χ1) is 12.9. The van der Waals surface area contributed by atoms with Gasteiger partial charge in [-0.15, -0.1) is 0 Å². The Morgan fingerprint density at radius 1 is 0.852 bits per heavy atom. The standard InChI is InChI=1S/C21H22N2O3S/c1-15(17-8-4-3-5-9-17)22-21(24)16(2)23-27(25,26)20-13-12-18-10-6-7-11-19(18)14-20/h3-16,23H,1-2H3,(H,22,24)/t15-,16+/m1/s1. The van der Waals surface area contributed by atoms with Crippen LogP contribution in [-0.4, -0.2) is 20.4 Å². The van der Waals surface area contributed by atoms with E-state index in [1.54, 1.807) is 18.2 Å². The highest BCUT2D eigenvalue weighted by Gasteiger charge is 2.23. The molecule has 0 aromatic heterocycles. The van der Waals surface area contributed by atoms with E-state index in [1.165, 1.54) is 6.92 Å². The van der Waals surface area contributed by atoms with Crippen molar-refractivity contribution >= 4 is 26.7 Å². The van der Waals surface area contributed by atoms with Crippen molar-refractivity contribution in [3.8, 4) is 0 Å². The van der Waals surface area contributed by atoms with Crippen LogP contribution in [0.3, 0.4) is 0 Å². The molecule has 5 nitrogen and oxygen atoms in total. The topological polar surface area (TPSA) is 75.3 Å². The lowest BCUT2D eigenvalue weighted by atomic mass is 10.1. The quantitative estimate of drug-likeness (QED) is 0.686. The highest BCUT2D eigenvalue weighted by molar-refractivity contribution is 7.89. The van der Waals surface area contributed by atoms with Gasteiger partial charge in [-0.25, -0.2) is 8.42 Å². The molecule has 3 aromatic rings. The molecule has 0 bridgehead atoms. The van der Waals surface area contributed by atoms with Crippen LogP contribution in [0, 0.1) is 0 Å². The lowest BCUT2D eigenvalue weighted by molar-refractivity contribution is -0.123. The minimum absolute atomic E-state index is 0.136. The Kier molecular flexibility index (Phi) is 5.58. The van der Waals surface area contributed by atoms with Gasteiger partial charge in [0.05, 0.1) is 17.0 Å². The summed E-state index contributed by atoms with van der Waals surface area (Å²) in [6.07, 6.45) is 0. The molecule has 0 saturated carbocycles. The minimum atomic E-state index is -3.81. The zero-order valence-electron chi connectivity index (χ0n) is 15.2. The second-order valence-electron chi connectivity index (χ2n) is 6.49. The molecular weight excluding hydrogens is 360 g/mol. The van der Waals surface area contributed by atoms with Gasteiger partial charge in [0.15, 0.2) is 0 Å². The number of carbonyl (C=O) groups is 1. The average Bonchev–Trinajstić information content (AvgIpc) is 2.67. The maximum absolute atomic E-state index is 12.7. The highest BCUT2D eigenvalue weighted by Crippen LogP contribution is 2.19. The molecule has 0 saturated heterocycles. The molecule has 2 atom stereocenters. The second kappa shape index (κ2) is 7.90. The lowest BCUT2D eigenvalue weighted by Gasteiger charge is -2.19. The van der Waals surface area contributed by atoms with E-state index in [0.717, 1.165) is 16.3 Å². The van der Waals surface area contributed by atoms with E-state index in [0.29, 0.717) is 0 Å². The van der Waals surface area contributed by atoms with Gasteiger partial charge in [-0.1, -0.05) is 60.7 Å². The Balaban J connectivity index is 1.71. The molecule has 6 heteroatoms. The number of carbonyl (C=O) groups excluding carboxylic acids is 1. The molecular formula is C21H22N2O3S. The van der Waals surface area contributed by atoms with Crippen molar-refractivity contribution in [3.63, 3.8) is 0 Å². The van der Waals surface area contributed by atoms with Gasteiger partial charge in [0.2, 0.25) is 15.9 Å². The summed E-state index contributed by atoms with van der Waals surface area (Å²) in [6.45, 7) is 3.39. The van der Waals surface area contributed by atoms with Gasteiger partial charge in [-0.2, -0.15) is 4.72 Å². The molecule has 0 heterocycles. The van der Waals surface area contributed by atoms with Crippen LogP contribution < -0.4 is 10.0 Å². The van der Waals surface area contributed by atoms with Gasteiger partial charge in [0.25, 0.3) is 0 Å². The number of benzene rings is 3. The number of hydrogen-bond donors (Lipinski definition) is 2. The Morgan fingerprint density at radius 2 is 1.48 bits per heavy atom. The van der Waals surface area contributed by atoms with Crippen LogP contribution >= 0.6 is 0 Å². The maximum Gasteiger partial charge on any atom is 0.241 e. The normalized spacial score (nSPS) is 13.9. The molecule has 0 aliphatic heterocycles. The van der Waals surface area contributed by atoms with Gasteiger partial charge in [-0.3, -0.25) is 4.79 Å². The van der Waals surface area contributed by atoms with Crippen molar-refractivity contribution in [3.05, 3.63) is 78.4 Å². The van der Waals surface area contributed by atoms with E-state index in [4.69, 9.17) is 0 Å². The predicted octanol–water partition coefficient (Wildman–Crippen LogP) is 3.38. The molecule has 3 aromatic carbocycles. The van der Waals surface area contributed by atoms with E-state index < -0.39 is 16.1 Å². The van der Waals surface area contributed by atoms with Gasteiger partial charge in [-0.05, 0) is 42.3 Å². The summed E-state index contributed by atoms with van der Waals surface area (Å²) in [4.78, 5) is 12.5. The van der Waals surface area contributed by atoms with Crippen LogP contribution in [0.4, 0.5) is 0 Å². The van der Waals surface area contributed by atoms with Crippen molar-refractivity contribution < 1.29 is 13.2 Å². The number of sulfonamides is 1. The third-order valence-corrected chi connectivity index (χ3v) is 5.95. The molecule has 0 fully saturated rings. The van der Waals surface area contributed by atoms with Crippen molar-refractivity contribution in [1.82, 2.24) is 10.0 Å². The molecule has 3 rings (SSSR count). The smallest absolute Gasteiger partial charge is 0.241 e. The third kappa shape index (κ3) is 4.53. The third-order valence-electron chi connectivity index (χ3n) is 4.41. The molecule has 0 spiro atoms. The average molecular weight is 382 g/mol. The fraction of sp³-hybridized carbons (Fsp3) is 0.190. The monoisotopic (exact) mass is 382 g/mol. The molecule has 2 N–H and O–H groups in total. The molecule has 0 unspecified atom stereocenters. The number of hydrogen-bond acceptors (Lipinski definition) is 3. The summed E-state index contributed by atoms with van der Waals surface area (Å²) in [5, 5.41) is 4.62. The summed E-state index contributed by atoms with van der Waals surface area (Å²) in [5.74, 6) is -0.379. The summed E-state index contributed by atoms with van der Waals surface area (Å²) >= 11 is 0. The minimum Gasteiger partial charge on any atom is -0.348 e. The van der Waals surface area contributed by atoms with Crippen LogP contribution in [-0.2, 0) is 14.8 Å². The van der Waals surface area contributed by atoms with E-state index in [-0.39, 0.29) is 16.8 Å². The van der Waals surface area contributed by atoms with Crippen LogP contribution in [0.1, 0.15) is 25.5 Å². The van der Waals surface area contributed by atoms with Crippen LogP contribution in [0.5, 0.6) is 0 Å². The Hall–Kier alpha value is -2.70. The van der Waals surface area contributed by atoms with Crippen molar-refractivity contribution in [2.75, 3.05) is 0 Å². The van der Waals surface area contributed by atoms with Crippen molar-refractivity contribution in [1.29, 1.82) is 0 Å². The molecule has 27 heavy (non-hydrogen) atoms. The molecule has 140 valence electrons. The first-order valence-corrected chi connectivity index (χ1v) is 10.2. The zero-order chi connectivity index (χ0) is 19.4. The molecule has 0 aliphatic carbocycles. The largest absolute Gasteiger partial charge is 0.348 e. The van der Waals surface area contributed by atoms with Gasteiger partial charge < -0.3 is 5.32 Å². The summed E-state index contributed by atoms with van der Waals surface area (Å²) < 4.78 is 27.8. The molecule has 1 amide bonds. The first-order valence-electron chi connectivity index (χ1n) is 8.73. The number of amides is 1. The van der Waals surface area contributed by atoms with Gasteiger partial charge in [0, 0.05) is 0 Å². The Bertz CT molecular complexity index is 1050. The molecule has 0 aliphatic rings. The van der Waals surface area contributed by atoms with E-state index in [2.05, 4.69) is 10.0 Å². The van der Waals surface area contributed by atoms with Crippen LogP contribution in [0.2, 0.25) is 0 Å². The maximum atomic E-state index is 12.7. The summed E-state index contributed by atoms with van der Waals surface area (Å²) in [5.41, 5.74) is 0.954. The van der Waals surface area contributed by atoms with Crippen LogP contribution in [0.25, 0.3) is 10.8 Å². The van der Waals surface area contributed by atoms with Crippen molar-refractivity contribution in [2.24, 2.45) is 0 Å². The Morgan fingerprint density at radius 3 is 2.19 bits per heavy atom. The van der Waals surface area contributed by atoms with E-state index >= 15 is 0 Å². The van der Waals surface area contributed by atoms with Crippen molar-refractivity contribution in [2.45, 2.75) is 30.8 Å². The predicted molar refractivity (Wildman–Crippen MR) is 107 cm³/mol. The van der Waals surface area contributed by atoms with Crippen LogP contribution in [0.15, 0.2) is 77.7 Å². The van der Waals surface area contributed by atoms with Gasteiger partial charge >= 0.3 is 0 Å². The first kappa shape index (κ1) is 19.1. The molecule has 0 radical (unpaired) electrons. The van der Waals surface area contributed by atoms with E-state index in [9.17, 15) is 13.2 Å². The number of fused-ring (bicyclic) bond motifs is 1. The van der Waals surface area contributed by atoms with Gasteiger partial charge in [0.1, 0.15) is 0 Å². The SMILES string of the molecule is C[C@H](NS(=O)(=O)c1ccc2ccccc2c1)C(=O)N[C@H](C)c1ccccc1. The Labute approximate surface area is 159 Å². The lowest BCUT2D eigenvalue weighted by Crippen LogP contribution is -2.45. The zero-order valence-corrected chi connectivity index (χ0v) is 16.0. The number of rotatable bonds is 6. The number of nitrogens with one attached hydrogen (secondary N) is 2. The fourth-order valence-corrected chi connectivity index (χ4v) is 4.09.